The molecule has 0 radical (unpaired) electrons. The van der Waals surface area contributed by atoms with Gasteiger partial charge in [-0.05, 0) is 72.0 Å². The summed E-state index contributed by atoms with van der Waals surface area (Å²) in [4.78, 5) is 0. The molecule has 8 aromatic carbocycles. The summed E-state index contributed by atoms with van der Waals surface area (Å²) in [5.41, 5.74) is 2.72. The average molecular weight is 530 g/mol. The Balaban J connectivity index is 1.54. The molecule has 41 heavy (non-hydrogen) atoms. The lowest BCUT2D eigenvalue weighted by Gasteiger charge is -2.19. The Morgan fingerprint density at radius 2 is 1.05 bits per heavy atom. The molecule has 9 aromatic rings. The van der Waals surface area contributed by atoms with Crippen molar-refractivity contribution in [3.05, 3.63) is 145 Å². The smallest absolute Gasteiger partial charge is 0.143 e. The molecule has 0 atom stereocenters. The highest BCUT2D eigenvalue weighted by Gasteiger charge is 2.21. The fourth-order valence-electron chi connectivity index (χ4n) is 6.29. The summed E-state index contributed by atoms with van der Waals surface area (Å²) >= 11 is 0. The second-order valence-corrected chi connectivity index (χ2v) is 10.1. The SMILES string of the molecule is [2H]c1c([2H])c(-c2c3ccccc3c(-c3cccc4ccccc34)c3ccccc23)c2c(oc3c4c([2H])c([2H])c([2H])c([2H])c4c([2H])c([2H])c32)c1[2H]. The minimum atomic E-state index is -0.529. The minimum absolute atomic E-state index is 0.0609. The summed E-state index contributed by atoms with van der Waals surface area (Å²) in [5.74, 6) is 0. The van der Waals surface area contributed by atoms with Gasteiger partial charge in [0.1, 0.15) is 11.2 Å². The molecule has 0 aliphatic carbocycles. The summed E-state index contributed by atoms with van der Waals surface area (Å²) in [6.07, 6.45) is 0. The second kappa shape index (κ2) is 8.55. The van der Waals surface area contributed by atoms with Crippen molar-refractivity contribution < 1.29 is 16.8 Å². The van der Waals surface area contributed by atoms with E-state index in [0.717, 1.165) is 43.4 Å². The van der Waals surface area contributed by atoms with Gasteiger partial charge in [-0.25, -0.2) is 0 Å². The number of fused-ring (bicyclic) bond motifs is 8. The normalized spacial score (nSPS) is 15.0. The van der Waals surface area contributed by atoms with E-state index in [0.29, 0.717) is 5.56 Å². The highest BCUT2D eigenvalue weighted by atomic mass is 16.3. The topological polar surface area (TPSA) is 13.1 Å². The van der Waals surface area contributed by atoms with Gasteiger partial charge in [-0.3, -0.25) is 0 Å². The molecule has 1 aromatic heterocycles. The quantitative estimate of drug-likeness (QED) is 0.203. The van der Waals surface area contributed by atoms with Crippen molar-refractivity contribution in [2.45, 2.75) is 0 Å². The lowest BCUT2D eigenvalue weighted by Crippen LogP contribution is -1.92. The van der Waals surface area contributed by atoms with E-state index in [1.165, 1.54) is 0 Å². The average Bonchev–Trinajstić information content (AvgIpc) is 3.53. The number of hydrogen-bond donors (Lipinski definition) is 0. The second-order valence-electron chi connectivity index (χ2n) is 10.1. The predicted molar refractivity (Wildman–Crippen MR) is 175 cm³/mol. The third kappa shape index (κ3) is 3.18. The first kappa shape index (κ1) is 15.4. The van der Waals surface area contributed by atoms with Gasteiger partial charge >= 0.3 is 0 Å². The maximum atomic E-state index is 9.39. The van der Waals surface area contributed by atoms with Crippen LogP contribution in [0, 0.1) is 0 Å². The Labute approximate surface area is 249 Å². The molecule has 0 saturated carbocycles. The molecular formula is C40H24O. The van der Waals surface area contributed by atoms with Gasteiger partial charge in [0.15, 0.2) is 0 Å². The van der Waals surface area contributed by atoms with E-state index >= 15 is 0 Å². The van der Waals surface area contributed by atoms with Crippen molar-refractivity contribution in [2.24, 2.45) is 0 Å². The van der Waals surface area contributed by atoms with E-state index in [9.17, 15) is 2.74 Å². The Bertz CT molecular complexity index is 2920. The summed E-state index contributed by atoms with van der Waals surface area (Å²) in [5, 5.41) is 5.52. The molecule has 0 aliphatic rings. The van der Waals surface area contributed by atoms with Crippen LogP contribution in [0.5, 0.6) is 0 Å². The molecule has 0 unspecified atom stereocenters. The zero-order valence-corrected chi connectivity index (χ0v) is 21.6. The van der Waals surface area contributed by atoms with Crippen molar-refractivity contribution in [2.75, 3.05) is 0 Å². The molecule has 0 saturated heterocycles. The third-order valence-corrected chi connectivity index (χ3v) is 7.99. The molecule has 1 nitrogen and oxygen atoms in total. The van der Waals surface area contributed by atoms with Crippen molar-refractivity contribution in [3.63, 3.8) is 0 Å². The Hall–Kier alpha value is -5.40. The molecule has 1 heteroatoms. The van der Waals surface area contributed by atoms with Crippen LogP contribution in [0.4, 0.5) is 0 Å². The molecule has 190 valence electrons. The highest BCUT2D eigenvalue weighted by Crippen LogP contribution is 2.48. The van der Waals surface area contributed by atoms with Gasteiger partial charge in [0.05, 0.1) is 12.3 Å². The summed E-state index contributed by atoms with van der Waals surface area (Å²) < 4.78 is 85.6. The van der Waals surface area contributed by atoms with Crippen molar-refractivity contribution in [1.29, 1.82) is 0 Å². The summed E-state index contributed by atoms with van der Waals surface area (Å²) in [7, 11) is 0. The number of furan rings is 1. The van der Waals surface area contributed by atoms with Crippen molar-refractivity contribution in [3.8, 4) is 22.3 Å². The zero-order valence-electron chi connectivity index (χ0n) is 30.6. The standard InChI is InChI=1S/C40H24O/c1-3-14-27-25(11-1)13-9-20-29(27)37-30-16-5-7-18-32(30)38(33-19-8-6-17-31(33)37)34-21-10-22-36-39(34)35-24-23-26-12-2-4-15-28(26)40(35)41-36/h1-24H/i2D,4D,10D,12D,15D,21D,22D,23D,24D. The summed E-state index contributed by atoms with van der Waals surface area (Å²) in [6.45, 7) is 0. The van der Waals surface area contributed by atoms with Gasteiger partial charge < -0.3 is 4.42 Å². The lowest BCUT2D eigenvalue weighted by molar-refractivity contribution is 0.673. The molecule has 1 heterocycles. The molecule has 0 bridgehead atoms. The first-order chi connectivity index (χ1) is 24.1. The van der Waals surface area contributed by atoms with Crippen LogP contribution in [0.15, 0.2) is 150 Å². The third-order valence-electron chi connectivity index (χ3n) is 7.99. The monoisotopic (exact) mass is 529 g/mol. The molecular weight excluding hydrogens is 496 g/mol. The maximum Gasteiger partial charge on any atom is 0.143 e. The van der Waals surface area contributed by atoms with E-state index in [-0.39, 0.29) is 62.4 Å². The van der Waals surface area contributed by atoms with Crippen LogP contribution < -0.4 is 0 Å². The van der Waals surface area contributed by atoms with Crippen LogP contribution in [0.2, 0.25) is 0 Å². The van der Waals surface area contributed by atoms with Crippen LogP contribution in [0.1, 0.15) is 12.3 Å². The minimum Gasteiger partial charge on any atom is -0.455 e. The fraction of sp³-hybridized carbons (Fsp3) is 0. The largest absolute Gasteiger partial charge is 0.455 e. The predicted octanol–water partition coefficient (Wildman–Crippen LogP) is 11.5. The number of rotatable bonds is 2. The Morgan fingerprint density at radius 1 is 0.415 bits per heavy atom. The van der Waals surface area contributed by atoms with Crippen LogP contribution in [0.3, 0.4) is 0 Å². The van der Waals surface area contributed by atoms with E-state index in [4.69, 9.17) is 14.0 Å². The van der Waals surface area contributed by atoms with Crippen molar-refractivity contribution in [1.82, 2.24) is 0 Å². The molecule has 9 rings (SSSR count). The van der Waals surface area contributed by atoms with Crippen molar-refractivity contribution >= 4 is 65.0 Å². The zero-order chi connectivity index (χ0) is 34.7. The molecule has 0 N–H and O–H groups in total. The highest BCUT2D eigenvalue weighted by molar-refractivity contribution is 6.28. The summed E-state index contributed by atoms with van der Waals surface area (Å²) in [6, 6.07) is 26.4. The fourth-order valence-corrected chi connectivity index (χ4v) is 6.29. The maximum absolute atomic E-state index is 9.39. The van der Waals surface area contributed by atoms with E-state index in [1.54, 1.807) is 0 Å². The van der Waals surface area contributed by atoms with Gasteiger partial charge in [0, 0.05) is 16.2 Å². The van der Waals surface area contributed by atoms with Crippen LogP contribution in [-0.4, -0.2) is 0 Å². The van der Waals surface area contributed by atoms with Crippen LogP contribution in [-0.2, 0) is 0 Å². The van der Waals surface area contributed by atoms with Crippen LogP contribution in [0.25, 0.3) is 87.3 Å². The van der Waals surface area contributed by atoms with Gasteiger partial charge in [-0.1, -0.05) is 133 Å². The van der Waals surface area contributed by atoms with Gasteiger partial charge in [0.25, 0.3) is 0 Å². The van der Waals surface area contributed by atoms with Gasteiger partial charge in [-0.2, -0.15) is 0 Å². The van der Waals surface area contributed by atoms with E-state index in [1.807, 2.05) is 66.7 Å². The Kier molecular flexibility index (Phi) is 3.21. The van der Waals surface area contributed by atoms with Gasteiger partial charge in [-0.15, -0.1) is 0 Å². The first-order valence-corrected chi connectivity index (χ1v) is 13.4. The lowest BCUT2D eigenvalue weighted by atomic mass is 9.84. The van der Waals surface area contributed by atoms with Crippen LogP contribution >= 0.6 is 0 Å². The molecule has 0 amide bonds. The van der Waals surface area contributed by atoms with E-state index < -0.39 is 30.2 Å². The molecule has 0 fully saturated rings. The van der Waals surface area contributed by atoms with E-state index in [2.05, 4.69) is 24.3 Å². The number of benzene rings is 8. The molecule has 0 spiro atoms. The first-order valence-electron chi connectivity index (χ1n) is 17.9. The van der Waals surface area contributed by atoms with Gasteiger partial charge in [0.2, 0.25) is 0 Å². The number of hydrogen-bond acceptors (Lipinski definition) is 1. The molecule has 0 aliphatic heterocycles. The Morgan fingerprint density at radius 3 is 1.80 bits per heavy atom.